The fourth-order valence-electron chi connectivity index (χ4n) is 2.83. The molecule has 0 aliphatic heterocycles. The summed E-state index contributed by atoms with van der Waals surface area (Å²) in [7, 11) is 0. The third-order valence-electron chi connectivity index (χ3n) is 4.36. The van der Waals surface area contributed by atoms with Crippen LogP contribution in [0.3, 0.4) is 0 Å². The topological polar surface area (TPSA) is 85.3 Å². The van der Waals surface area contributed by atoms with Gasteiger partial charge in [-0.25, -0.2) is 4.39 Å². The van der Waals surface area contributed by atoms with Crippen molar-refractivity contribution in [2.24, 2.45) is 17.6 Å². The van der Waals surface area contributed by atoms with E-state index in [0.717, 1.165) is 17.7 Å². The standard InChI is InChI=1S/C18H19FN2O3/c19-13-5-3-11(4-6-13)8-12(17(20)22)10-21-18(23)15-9-14(15)16-2-1-7-24-16/h1-7,12,14-15H,8-10H2,(H2,20,22)(H,21,23)/t12-,14+,15-/m0/s1. The first-order valence-corrected chi connectivity index (χ1v) is 7.89. The first-order chi connectivity index (χ1) is 11.5. The van der Waals surface area contributed by atoms with Gasteiger partial charge in [0.05, 0.1) is 12.2 Å². The number of rotatable bonds is 7. The van der Waals surface area contributed by atoms with Crippen molar-refractivity contribution in [2.45, 2.75) is 18.8 Å². The Morgan fingerprint density at radius 1 is 1.29 bits per heavy atom. The number of primary amides is 1. The normalized spacial score (nSPS) is 20.4. The molecule has 1 aromatic heterocycles. The fourth-order valence-corrected chi connectivity index (χ4v) is 2.83. The lowest BCUT2D eigenvalue weighted by Gasteiger charge is -2.14. The number of hydrogen-bond donors (Lipinski definition) is 2. The predicted molar refractivity (Wildman–Crippen MR) is 85.4 cm³/mol. The highest BCUT2D eigenvalue weighted by Gasteiger charge is 2.45. The Hall–Kier alpha value is -2.63. The van der Waals surface area contributed by atoms with Crippen molar-refractivity contribution in [3.8, 4) is 0 Å². The summed E-state index contributed by atoms with van der Waals surface area (Å²) in [6, 6.07) is 9.56. The van der Waals surface area contributed by atoms with E-state index in [4.69, 9.17) is 10.2 Å². The van der Waals surface area contributed by atoms with Gasteiger partial charge in [-0.2, -0.15) is 0 Å². The van der Waals surface area contributed by atoms with Crippen LogP contribution in [0.2, 0.25) is 0 Å². The summed E-state index contributed by atoms with van der Waals surface area (Å²) in [6.07, 6.45) is 2.70. The van der Waals surface area contributed by atoms with Crippen molar-refractivity contribution in [3.05, 3.63) is 59.8 Å². The number of benzene rings is 1. The maximum absolute atomic E-state index is 12.9. The summed E-state index contributed by atoms with van der Waals surface area (Å²) in [6.45, 7) is 0.174. The van der Waals surface area contributed by atoms with Crippen molar-refractivity contribution >= 4 is 11.8 Å². The highest BCUT2D eigenvalue weighted by Crippen LogP contribution is 2.47. The van der Waals surface area contributed by atoms with Crippen LogP contribution in [0.4, 0.5) is 4.39 Å². The van der Waals surface area contributed by atoms with E-state index in [0.29, 0.717) is 6.42 Å². The lowest BCUT2D eigenvalue weighted by Crippen LogP contribution is -2.38. The van der Waals surface area contributed by atoms with Crippen LogP contribution in [-0.2, 0) is 16.0 Å². The van der Waals surface area contributed by atoms with Crippen molar-refractivity contribution < 1.29 is 18.4 Å². The Kier molecular flexibility index (Phi) is 4.64. The molecule has 126 valence electrons. The minimum atomic E-state index is -0.528. The number of furan rings is 1. The van der Waals surface area contributed by atoms with Gasteiger partial charge >= 0.3 is 0 Å². The van der Waals surface area contributed by atoms with Crippen LogP contribution in [0.15, 0.2) is 47.1 Å². The number of hydrogen-bond acceptors (Lipinski definition) is 3. The van der Waals surface area contributed by atoms with E-state index in [-0.39, 0.29) is 30.1 Å². The molecule has 0 bridgehead atoms. The molecule has 0 saturated heterocycles. The van der Waals surface area contributed by atoms with Crippen molar-refractivity contribution in [3.63, 3.8) is 0 Å². The molecule has 0 spiro atoms. The summed E-state index contributed by atoms with van der Waals surface area (Å²) in [4.78, 5) is 23.8. The Morgan fingerprint density at radius 2 is 2.04 bits per heavy atom. The minimum Gasteiger partial charge on any atom is -0.469 e. The number of nitrogens with two attached hydrogens (primary N) is 1. The molecule has 0 radical (unpaired) electrons. The minimum absolute atomic E-state index is 0.0956. The molecule has 5 nitrogen and oxygen atoms in total. The van der Waals surface area contributed by atoms with Gasteiger partial charge in [0.25, 0.3) is 0 Å². The Labute approximate surface area is 139 Å². The molecule has 1 aliphatic carbocycles. The zero-order chi connectivity index (χ0) is 17.1. The quantitative estimate of drug-likeness (QED) is 0.814. The zero-order valence-electron chi connectivity index (χ0n) is 13.1. The fraction of sp³-hybridized carbons (Fsp3) is 0.333. The van der Waals surface area contributed by atoms with Gasteiger partial charge in [0.1, 0.15) is 11.6 Å². The summed E-state index contributed by atoms with van der Waals surface area (Å²) >= 11 is 0. The lowest BCUT2D eigenvalue weighted by molar-refractivity contribution is -0.124. The number of amides is 2. The molecule has 1 saturated carbocycles. The molecule has 1 aromatic carbocycles. The molecule has 0 unspecified atom stereocenters. The summed E-state index contributed by atoms with van der Waals surface area (Å²) in [5, 5.41) is 2.79. The number of carbonyl (C=O) groups is 2. The first-order valence-electron chi connectivity index (χ1n) is 7.89. The van der Waals surface area contributed by atoms with E-state index in [2.05, 4.69) is 5.32 Å². The van der Waals surface area contributed by atoms with Crippen molar-refractivity contribution in [1.82, 2.24) is 5.32 Å². The van der Waals surface area contributed by atoms with Crippen LogP contribution in [0.5, 0.6) is 0 Å². The average molecular weight is 330 g/mol. The second-order valence-corrected chi connectivity index (χ2v) is 6.14. The maximum atomic E-state index is 12.9. The number of nitrogens with one attached hydrogen (secondary N) is 1. The average Bonchev–Trinajstić information content (AvgIpc) is 3.18. The van der Waals surface area contributed by atoms with Crippen LogP contribution < -0.4 is 11.1 Å². The largest absolute Gasteiger partial charge is 0.469 e. The third kappa shape index (κ3) is 3.82. The summed E-state index contributed by atoms with van der Waals surface area (Å²) in [5.41, 5.74) is 6.22. The first kappa shape index (κ1) is 16.2. The third-order valence-corrected chi connectivity index (χ3v) is 4.36. The Morgan fingerprint density at radius 3 is 2.67 bits per heavy atom. The highest BCUT2D eigenvalue weighted by molar-refractivity contribution is 5.84. The van der Waals surface area contributed by atoms with Crippen LogP contribution in [-0.4, -0.2) is 18.4 Å². The molecule has 24 heavy (non-hydrogen) atoms. The van der Waals surface area contributed by atoms with Crippen LogP contribution in [0.1, 0.15) is 23.7 Å². The lowest BCUT2D eigenvalue weighted by atomic mass is 9.98. The zero-order valence-corrected chi connectivity index (χ0v) is 13.1. The Bertz CT molecular complexity index is 712. The van der Waals surface area contributed by atoms with E-state index < -0.39 is 11.8 Å². The van der Waals surface area contributed by atoms with Crippen LogP contribution >= 0.6 is 0 Å². The van der Waals surface area contributed by atoms with Gasteiger partial charge in [-0.3, -0.25) is 9.59 Å². The molecule has 1 fully saturated rings. The molecular formula is C18H19FN2O3. The maximum Gasteiger partial charge on any atom is 0.223 e. The second-order valence-electron chi connectivity index (χ2n) is 6.14. The molecule has 3 rings (SSSR count). The number of carbonyl (C=O) groups excluding carboxylic acids is 2. The predicted octanol–water partition coefficient (Wildman–Crippen LogP) is 1.98. The van der Waals surface area contributed by atoms with Gasteiger partial charge in [-0.15, -0.1) is 0 Å². The number of halogens is 1. The van der Waals surface area contributed by atoms with E-state index >= 15 is 0 Å². The van der Waals surface area contributed by atoms with E-state index in [1.807, 2.05) is 6.07 Å². The highest BCUT2D eigenvalue weighted by atomic mass is 19.1. The van der Waals surface area contributed by atoms with Crippen molar-refractivity contribution in [2.75, 3.05) is 6.54 Å². The molecule has 1 aliphatic rings. The van der Waals surface area contributed by atoms with Crippen molar-refractivity contribution in [1.29, 1.82) is 0 Å². The molecule has 1 heterocycles. The van der Waals surface area contributed by atoms with Crippen LogP contribution in [0.25, 0.3) is 0 Å². The van der Waals surface area contributed by atoms with Gasteiger partial charge in [-0.05, 0) is 42.7 Å². The molecule has 3 N–H and O–H groups in total. The smallest absolute Gasteiger partial charge is 0.223 e. The molecule has 2 amide bonds. The monoisotopic (exact) mass is 330 g/mol. The van der Waals surface area contributed by atoms with Gasteiger partial charge in [0.2, 0.25) is 11.8 Å². The van der Waals surface area contributed by atoms with E-state index in [9.17, 15) is 14.0 Å². The summed E-state index contributed by atoms with van der Waals surface area (Å²) in [5.74, 6) is -0.632. The molecule has 6 heteroatoms. The van der Waals surface area contributed by atoms with Gasteiger partial charge < -0.3 is 15.5 Å². The Balaban J connectivity index is 1.52. The van der Waals surface area contributed by atoms with E-state index in [1.54, 1.807) is 24.5 Å². The molecule has 2 aromatic rings. The molecule has 3 atom stereocenters. The second kappa shape index (κ2) is 6.86. The van der Waals surface area contributed by atoms with Crippen LogP contribution in [0, 0.1) is 17.7 Å². The molecular weight excluding hydrogens is 311 g/mol. The summed E-state index contributed by atoms with van der Waals surface area (Å²) < 4.78 is 18.2. The van der Waals surface area contributed by atoms with Gasteiger partial charge in [0, 0.05) is 18.4 Å². The SMILES string of the molecule is NC(=O)[C@H](CNC(=O)[C@H]1C[C@H]1c1ccco1)Cc1ccc(F)cc1. The van der Waals surface area contributed by atoms with Gasteiger partial charge in [-0.1, -0.05) is 12.1 Å². The van der Waals surface area contributed by atoms with Gasteiger partial charge in [0.15, 0.2) is 0 Å². The van der Waals surface area contributed by atoms with E-state index in [1.165, 1.54) is 12.1 Å².